The van der Waals surface area contributed by atoms with Crippen LogP contribution in [-0.4, -0.2) is 15.7 Å². The number of hydrogen-bond donors (Lipinski definition) is 1. The topological polar surface area (TPSA) is 77.1 Å². The Morgan fingerprint density at radius 1 is 1.42 bits per heavy atom. The Balaban J connectivity index is 1.68. The molecule has 0 radical (unpaired) electrons. The summed E-state index contributed by atoms with van der Waals surface area (Å²) in [5.74, 6) is -0.787. The van der Waals surface area contributed by atoms with Gasteiger partial charge in [-0.2, -0.15) is 4.68 Å². The van der Waals surface area contributed by atoms with Crippen molar-refractivity contribution >= 4 is 28.8 Å². The summed E-state index contributed by atoms with van der Waals surface area (Å²) in [7, 11) is 0. The first-order chi connectivity index (χ1) is 11.5. The quantitative estimate of drug-likeness (QED) is 0.755. The molecular formula is C16H14ClN3O3S. The van der Waals surface area contributed by atoms with Crippen LogP contribution in [0.15, 0.2) is 51.0 Å². The third-order valence-corrected chi connectivity index (χ3v) is 4.45. The highest BCUT2D eigenvalue weighted by molar-refractivity contribution is 7.13. The van der Waals surface area contributed by atoms with Gasteiger partial charge in [0.15, 0.2) is 0 Å². The molecule has 6 nitrogen and oxygen atoms in total. The minimum absolute atomic E-state index is 0.210. The van der Waals surface area contributed by atoms with Gasteiger partial charge in [-0.15, -0.1) is 16.4 Å². The third kappa shape index (κ3) is 3.74. The molecule has 1 atom stereocenters. The Bertz CT molecular complexity index is 901. The minimum atomic E-state index is -0.663. The number of benzene rings is 1. The van der Waals surface area contributed by atoms with Crippen molar-refractivity contribution in [2.24, 2.45) is 0 Å². The molecule has 0 unspecified atom stereocenters. The van der Waals surface area contributed by atoms with Crippen LogP contribution in [0.3, 0.4) is 0 Å². The maximum atomic E-state index is 12.1. The van der Waals surface area contributed by atoms with E-state index in [0.29, 0.717) is 5.02 Å². The van der Waals surface area contributed by atoms with Crippen LogP contribution in [0.1, 0.15) is 18.5 Å². The lowest BCUT2D eigenvalue weighted by atomic mass is 10.1. The summed E-state index contributed by atoms with van der Waals surface area (Å²) in [6.07, 6.45) is 0. The molecule has 1 amide bonds. The van der Waals surface area contributed by atoms with Crippen LogP contribution in [0.2, 0.25) is 5.02 Å². The van der Waals surface area contributed by atoms with Gasteiger partial charge in [-0.1, -0.05) is 29.8 Å². The van der Waals surface area contributed by atoms with Crippen LogP contribution < -0.4 is 11.1 Å². The molecule has 0 fully saturated rings. The molecule has 24 heavy (non-hydrogen) atoms. The van der Waals surface area contributed by atoms with E-state index < -0.39 is 5.76 Å². The summed E-state index contributed by atoms with van der Waals surface area (Å²) < 4.78 is 6.08. The van der Waals surface area contributed by atoms with E-state index in [-0.39, 0.29) is 24.4 Å². The number of aromatic nitrogens is 2. The van der Waals surface area contributed by atoms with Crippen molar-refractivity contribution in [2.75, 3.05) is 0 Å². The summed E-state index contributed by atoms with van der Waals surface area (Å²) in [6.45, 7) is 1.63. The van der Waals surface area contributed by atoms with Crippen molar-refractivity contribution in [1.82, 2.24) is 15.1 Å². The Morgan fingerprint density at radius 3 is 2.96 bits per heavy atom. The van der Waals surface area contributed by atoms with Gasteiger partial charge in [-0.25, -0.2) is 4.79 Å². The number of carbonyl (C=O) groups is 1. The number of carbonyl (C=O) groups excluding carboxylic acids is 1. The van der Waals surface area contributed by atoms with E-state index in [1.807, 2.05) is 30.5 Å². The molecule has 0 aliphatic carbocycles. The van der Waals surface area contributed by atoms with E-state index in [9.17, 15) is 9.59 Å². The monoisotopic (exact) mass is 363 g/mol. The molecular weight excluding hydrogens is 350 g/mol. The molecule has 2 aromatic heterocycles. The van der Waals surface area contributed by atoms with Crippen molar-refractivity contribution in [3.05, 3.63) is 62.9 Å². The first kappa shape index (κ1) is 16.5. The highest BCUT2D eigenvalue weighted by Gasteiger charge is 2.15. The Morgan fingerprint density at radius 2 is 2.25 bits per heavy atom. The first-order valence-corrected chi connectivity index (χ1v) is 8.45. The highest BCUT2D eigenvalue weighted by Crippen LogP contribution is 2.21. The number of nitrogens with zero attached hydrogens (tertiary/aromatic N) is 2. The van der Waals surface area contributed by atoms with E-state index in [1.165, 1.54) is 11.3 Å². The molecule has 2 heterocycles. The summed E-state index contributed by atoms with van der Waals surface area (Å²) >= 11 is 7.35. The van der Waals surface area contributed by atoms with Gasteiger partial charge in [0.2, 0.25) is 5.91 Å². The molecule has 0 spiro atoms. The summed E-state index contributed by atoms with van der Waals surface area (Å²) in [6, 6.07) is 10.6. The van der Waals surface area contributed by atoms with Crippen LogP contribution >= 0.6 is 22.9 Å². The molecule has 0 saturated heterocycles. The zero-order valence-corrected chi connectivity index (χ0v) is 14.3. The van der Waals surface area contributed by atoms with E-state index in [0.717, 1.165) is 15.1 Å². The number of thiophene rings is 1. The number of nitrogens with one attached hydrogen (secondary N) is 1. The second kappa shape index (κ2) is 7.02. The standard InChI is InChI=1S/C16H14ClN3O3S/c1-10(11-4-2-5-12(17)8-11)18-14(21)9-20-16(22)23-15(19-20)13-6-3-7-24-13/h2-8,10H,9H2,1H3,(H,18,21)/t10-/m1/s1. The fraction of sp³-hybridized carbons (Fsp3) is 0.188. The molecule has 0 aliphatic rings. The predicted octanol–water partition coefficient (Wildman–Crippen LogP) is 3.10. The third-order valence-electron chi connectivity index (χ3n) is 3.36. The lowest BCUT2D eigenvalue weighted by Crippen LogP contribution is -2.33. The normalized spacial score (nSPS) is 12.1. The van der Waals surface area contributed by atoms with E-state index >= 15 is 0 Å². The predicted molar refractivity (Wildman–Crippen MR) is 92.1 cm³/mol. The number of hydrogen-bond acceptors (Lipinski definition) is 5. The highest BCUT2D eigenvalue weighted by atomic mass is 35.5. The summed E-state index contributed by atoms with van der Waals surface area (Å²) in [5, 5.41) is 9.31. The lowest BCUT2D eigenvalue weighted by molar-refractivity contribution is -0.122. The van der Waals surface area contributed by atoms with Crippen LogP contribution in [0.4, 0.5) is 0 Å². The maximum absolute atomic E-state index is 12.1. The largest absolute Gasteiger partial charge is 0.437 e. The molecule has 124 valence electrons. The van der Waals surface area contributed by atoms with Crippen molar-refractivity contribution in [1.29, 1.82) is 0 Å². The van der Waals surface area contributed by atoms with Crippen molar-refractivity contribution in [3.8, 4) is 10.8 Å². The van der Waals surface area contributed by atoms with Gasteiger partial charge in [0.1, 0.15) is 6.54 Å². The van der Waals surface area contributed by atoms with Gasteiger partial charge >= 0.3 is 5.76 Å². The fourth-order valence-corrected chi connectivity index (χ4v) is 3.03. The molecule has 0 saturated carbocycles. The van der Waals surface area contributed by atoms with Crippen LogP contribution in [0, 0.1) is 0 Å². The number of rotatable bonds is 5. The van der Waals surface area contributed by atoms with Crippen LogP contribution in [0.5, 0.6) is 0 Å². The van der Waals surface area contributed by atoms with Gasteiger partial charge in [-0.05, 0) is 36.1 Å². The van der Waals surface area contributed by atoms with Crippen LogP contribution in [-0.2, 0) is 11.3 Å². The molecule has 0 bridgehead atoms. The van der Waals surface area contributed by atoms with Crippen molar-refractivity contribution < 1.29 is 9.21 Å². The Labute approximate surface area is 146 Å². The Kier molecular flexibility index (Phi) is 4.82. The zero-order chi connectivity index (χ0) is 17.1. The summed E-state index contributed by atoms with van der Waals surface area (Å²) in [5.41, 5.74) is 0.877. The molecule has 8 heteroatoms. The maximum Gasteiger partial charge on any atom is 0.437 e. The first-order valence-electron chi connectivity index (χ1n) is 7.19. The average Bonchev–Trinajstić information content (AvgIpc) is 3.18. The number of amides is 1. The van der Waals surface area contributed by atoms with E-state index in [4.69, 9.17) is 16.0 Å². The van der Waals surface area contributed by atoms with Crippen LogP contribution in [0.25, 0.3) is 10.8 Å². The SMILES string of the molecule is C[C@@H](NC(=O)Cn1nc(-c2cccs2)oc1=O)c1cccc(Cl)c1. The second-order valence-electron chi connectivity index (χ2n) is 5.15. The second-order valence-corrected chi connectivity index (χ2v) is 6.54. The van der Waals surface area contributed by atoms with E-state index in [1.54, 1.807) is 18.2 Å². The molecule has 3 rings (SSSR count). The smallest absolute Gasteiger partial charge is 0.387 e. The molecule has 0 aliphatic heterocycles. The van der Waals surface area contributed by atoms with Gasteiger partial charge in [0.25, 0.3) is 5.89 Å². The van der Waals surface area contributed by atoms with Crippen molar-refractivity contribution in [3.63, 3.8) is 0 Å². The van der Waals surface area contributed by atoms with Gasteiger partial charge in [-0.3, -0.25) is 4.79 Å². The Hall–Kier alpha value is -2.38. The summed E-state index contributed by atoms with van der Waals surface area (Å²) in [4.78, 5) is 24.7. The zero-order valence-electron chi connectivity index (χ0n) is 12.7. The van der Waals surface area contributed by atoms with Gasteiger partial charge < -0.3 is 9.73 Å². The van der Waals surface area contributed by atoms with E-state index in [2.05, 4.69) is 10.4 Å². The van der Waals surface area contributed by atoms with Crippen molar-refractivity contribution in [2.45, 2.75) is 19.5 Å². The average molecular weight is 364 g/mol. The molecule has 1 N–H and O–H groups in total. The molecule has 3 aromatic rings. The minimum Gasteiger partial charge on any atom is -0.387 e. The van der Waals surface area contributed by atoms with Gasteiger partial charge in [0.05, 0.1) is 10.9 Å². The lowest BCUT2D eigenvalue weighted by Gasteiger charge is -2.14. The molecule has 1 aromatic carbocycles. The number of halogens is 1. The van der Waals surface area contributed by atoms with Gasteiger partial charge in [0, 0.05) is 5.02 Å². The fourth-order valence-electron chi connectivity index (χ4n) is 2.19.